The molecule has 0 aromatic carbocycles. The lowest BCUT2D eigenvalue weighted by atomic mass is 9.89. The smallest absolute Gasteiger partial charge is 0.0464 e. The summed E-state index contributed by atoms with van der Waals surface area (Å²) in [7, 11) is 1.78. The molecule has 13 heavy (non-hydrogen) atoms. The standard InChI is InChI=1S/C12H26O/c1-10(2)12(4)7-6-11(3)8-9-13-5/h10-12H,6-9H2,1-5H3. The molecule has 1 nitrogen and oxygen atoms in total. The summed E-state index contributed by atoms with van der Waals surface area (Å²) in [6, 6.07) is 0. The van der Waals surface area contributed by atoms with Crippen molar-refractivity contribution < 1.29 is 4.74 Å². The molecule has 0 aromatic rings. The van der Waals surface area contributed by atoms with E-state index >= 15 is 0 Å². The van der Waals surface area contributed by atoms with E-state index in [2.05, 4.69) is 27.7 Å². The SMILES string of the molecule is COCCC(C)CCC(C)C(C)C. The normalized spacial score (nSPS) is 16.2. The van der Waals surface area contributed by atoms with Gasteiger partial charge in [-0.15, -0.1) is 0 Å². The number of ether oxygens (including phenoxy) is 1. The van der Waals surface area contributed by atoms with Gasteiger partial charge in [-0.05, 0) is 24.2 Å². The maximum absolute atomic E-state index is 5.07. The van der Waals surface area contributed by atoms with Crippen molar-refractivity contribution in [2.45, 2.75) is 47.0 Å². The van der Waals surface area contributed by atoms with Gasteiger partial charge >= 0.3 is 0 Å². The molecule has 0 aromatic heterocycles. The average molecular weight is 186 g/mol. The molecule has 2 atom stereocenters. The molecule has 0 radical (unpaired) electrons. The molecule has 2 unspecified atom stereocenters. The first-order valence-corrected chi connectivity index (χ1v) is 5.56. The minimum atomic E-state index is 0.821. The molecule has 0 spiro atoms. The van der Waals surface area contributed by atoms with Crippen molar-refractivity contribution in [1.82, 2.24) is 0 Å². The van der Waals surface area contributed by atoms with E-state index < -0.39 is 0 Å². The zero-order chi connectivity index (χ0) is 10.3. The van der Waals surface area contributed by atoms with Crippen molar-refractivity contribution in [2.24, 2.45) is 17.8 Å². The first kappa shape index (κ1) is 13.0. The van der Waals surface area contributed by atoms with E-state index in [0.29, 0.717) is 0 Å². The maximum Gasteiger partial charge on any atom is 0.0464 e. The van der Waals surface area contributed by atoms with Gasteiger partial charge in [-0.3, -0.25) is 0 Å². The Kier molecular flexibility index (Phi) is 7.35. The summed E-state index contributed by atoms with van der Waals surface area (Å²) >= 11 is 0. The Morgan fingerprint density at radius 1 is 0.923 bits per heavy atom. The molecule has 0 heterocycles. The summed E-state index contributed by atoms with van der Waals surface area (Å²) in [4.78, 5) is 0. The second-order valence-corrected chi connectivity index (χ2v) is 4.69. The highest BCUT2D eigenvalue weighted by Crippen LogP contribution is 2.20. The molecule has 1 heteroatoms. The third kappa shape index (κ3) is 7.06. The van der Waals surface area contributed by atoms with E-state index in [4.69, 9.17) is 4.74 Å². The Labute approximate surface area is 83.9 Å². The minimum Gasteiger partial charge on any atom is -0.385 e. The van der Waals surface area contributed by atoms with Crippen molar-refractivity contribution in [3.63, 3.8) is 0 Å². The lowest BCUT2D eigenvalue weighted by Gasteiger charge is -2.18. The van der Waals surface area contributed by atoms with Crippen LogP contribution in [-0.4, -0.2) is 13.7 Å². The van der Waals surface area contributed by atoms with Crippen molar-refractivity contribution in [1.29, 1.82) is 0 Å². The molecule has 0 N–H and O–H groups in total. The quantitative estimate of drug-likeness (QED) is 0.588. The van der Waals surface area contributed by atoms with E-state index in [1.54, 1.807) is 7.11 Å². The molecule has 0 rings (SSSR count). The molecule has 0 aliphatic carbocycles. The van der Waals surface area contributed by atoms with E-state index in [1.807, 2.05) is 0 Å². The molecule has 0 saturated heterocycles. The van der Waals surface area contributed by atoms with Crippen LogP contribution in [0, 0.1) is 17.8 Å². The van der Waals surface area contributed by atoms with Crippen LogP contribution in [0.1, 0.15) is 47.0 Å². The van der Waals surface area contributed by atoms with Gasteiger partial charge in [0.25, 0.3) is 0 Å². The average Bonchev–Trinajstić information content (AvgIpc) is 2.10. The molecular formula is C12H26O. The van der Waals surface area contributed by atoms with Crippen molar-refractivity contribution in [2.75, 3.05) is 13.7 Å². The number of hydrogen-bond acceptors (Lipinski definition) is 1. The van der Waals surface area contributed by atoms with E-state index in [-0.39, 0.29) is 0 Å². The summed E-state index contributed by atoms with van der Waals surface area (Å²) < 4.78 is 5.07. The highest BCUT2D eigenvalue weighted by molar-refractivity contribution is 4.60. The molecule has 0 bridgehead atoms. The summed E-state index contributed by atoms with van der Waals surface area (Å²) in [5.74, 6) is 2.51. The van der Waals surface area contributed by atoms with Gasteiger partial charge in [0.15, 0.2) is 0 Å². The highest BCUT2D eigenvalue weighted by Gasteiger charge is 2.09. The second-order valence-electron chi connectivity index (χ2n) is 4.69. The van der Waals surface area contributed by atoms with Gasteiger partial charge in [0.1, 0.15) is 0 Å². The lowest BCUT2D eigenvalue weighted by molar-refractivity contribution is 0.175. The van der Waals surface area contributed by atoms with Crippen molar-refractivity contribution >= 4 is 0 Å². The molecule has 0 saturated carbocycles. The predicted octanol–water partition coefficient (Wildman–Crippen LogP) is 3.73. The van der Waals surface area contributed by atoms with Crippen LogP contribution in [0.4, 0.5) is 0 Å². The van der Waals surface area contributed by atoms with Gasteiger partial charge < -0.3 is 4.74 Å². The topological polar surface area (TPSA) is 9.23 Å². The van der Waals surface area contributed by atoms with Crippen molar-refractivity contribution in [3.05, 3.63) is 0 Å². The van der Waals surface area contributed by atoms with Gasteiger partial charge in [0, 0.05) is 13.7 Å². The second kappa shape index (κ2) is 7.37. The van der Waals surface area contributed by atoms with Crippen LogP contribution in [0.2, 0.25) is 0 Å². The Hall–Kier alpha value is -0.0400. The van der Waals surface area contributed by atoms with Gasteiger partial charge in [-0.1, -0.05) is 40.5 Å². The molecule has 0 aliphatic heterocycles. The van der Waals surface area contributed by atoms with Gasteiger partial charge in [0.05, 0.1) is 0 Å². The first-order chi connectivity index (χ1) is 6.07. The first-order valence-electron chi connectivity index (χ1n) is 5.56. The Morgan fingerprint density at radius 2 is 1.54 bits per heavy atom. The van der Waals surface area contributed by atoms with Gasteiger partial charge in [0.2, 0.25) is 0 Å². The Morgan fingerprint density at radius 3 is 2.00 bits per heavy atom. The van der Waals surface area contributed by atoms with Crippen LogP contribution in [0.15, 0.2) is 0 Å². The molecule has 0 amide bonds. The molecule has 80 valence electrons. The number of hydrogen-bond donors (Lipinski definition) is 0. The third-order valence-corrected chi connectivity index (χ3v) is 3.07. The lowest BCUT2D eigenvalue weighted by Crippen LogP contribution is -2.07. The summed E-state index contributed by atoms with van der Waals surface area (Å²) in [5, 5.41) is 0. The summed E-state index contributed by atoms with van der Waals surface area (Å²) in [6.07, 6.45) is 3.92. The Balaban J connectivity index is 3.40. The Bertz CT molecular complexity index is 110. The molecule has 0 fully saturated rings. The number of rotatable bonds is 7. The summed E-state index contributed by atoms with van der Waals surface area (Å²) in [6.45, 7) is 10.2. The summed E-state index contributed by atoms with van der Waals surface area (Å²) in [5.41, 5.74) is 0. The van der Waals surface area contributed by atoms with Crippen LogP contribution in [-0.2, 0) is 4.74 Å². The fourth-order valence-corrected chi connectivity index (χ4v) is 1.34. The van der Waals surface area contributed by atoms with Crippen LogP contribution in [0.5, 0.6) is 0 Å². The fraction of sp³-hybridized carbons (Fsp3) is 1.00. The van der Waals surface area contributed by atoms with Crippen LogP contribution in [0.3, 0.4) is 0 Å². The van der Waals surface area contributed by atoms with E-state index in [1.165, 1.54) is 19.3 Å². The zero-order valence-corrected chi connectivity index (χ0v) is 9.97. The third-order valence-electron chi connectivity index (χ3n) is 3.07. The fourth-order valence-electron chi connectivity index (χ4n) is 1.34. The van der Waals surface area contributed by atoms with Crippen LogP contribution in [0.25, 0.3) is 0 Å². The van der Waals surface area contributed by atoms with Gasteiger partial charge in [-0.2, -0.15) is 0 Å². The molecular weight excluding hydrogens is 160 g/mol. The molecule has 0 aliphatic rings. The monoisotopic (exact) mass is 186 g/mol. The van der Waals surface area contributed by atoms with E-state index in [9.17, 15) is 0 Å². The zero-order valence-electron chi connectivity index (χ0n) is 9.97. The van der Waals surface area contributed by atoms with E-state index in [0.717, 1.165) is 24.4 Å². The maximum atomic E-state index is 5.07. The highest BCUT2D eigenvalue weighted by atomic mass is 16.5. The predicted molar refractivity (Wildman–Crippen MR) is 58.9 cm³/mol. The van der Waals surface area contributed by atoms with Crippen LogP contribution < -0.4 is 0 Å². The minimum absolute atomic E-state index is 0.821. The number of methoxy groups -OCH3 is 1. The van der Waals surface area contributed by atoms with Gasteiger partial charge in [-0.25, -0.2) is 0 Å². The largest absolute Gasteiger partial charge is 0.385 e. The van der Waals surface area contributed by atoms with Crippen molar-refractivity contribution in [3.8, 4) is 0 Å². The van der Waals surface area contributed by atoms with Crippen LogP contribution >= 0.6 is 0 Å².